The van der Waals surface area contributed by atoms with Crippen molar-refractivity contribution in [1.82, 2.24) is 19.9 Å². The van der Waals surface area contributed by atoms with E-state index in [0.29, 0.717) is 22.5 Å². The van der Waals surface area contributed by atoms with Crippen molar-refractivity contribution >= 4 is 22.8 Å². The molecule has 0 fully saturated rings. The second-order valence-corrected chi connectivity index (χ2v) is 4.30. The maximum Gasteiger partial charge on any atom is 0.272 e. The number of benzene rings is 1. The molecule has 2 heterocycles. The second-order valence-electron chi connectivity index (χ2n) is 4.30. The van der Waals surface area contributed by atoms with Crippen molar-refractivity contribution in [2.45, 2.75) is 6.92 Å². The van der Waals surface area contributed by atoms with Crippen molar-refractivity contribution in [1.29, 1.82) is 0 Å². The Kier molecular flexibility index (Phi) is 2.87. The van der Waals surface area contributed by atoms with E-state index in [1.165, 1.54) is 18.5 Å². The van der Waals surface area contributed by atoms with Crippen molar-refractivity contribution in [2.75, 3.05) is 5.73 Å². The van der Waals surface area contributed by atoms with Gasteiger partial charge in [0.15, 0.2) is 5.65 Å². The summed E-state index contributed by atoms with van der Waals surface area (Å²) in [6.07, 6.45) is 1.45. The molecule has 3 aromatic rings. The number of H-pyrrole nitrogens is 1. The lowest BCUT2D eigenvalue weighted by molar-refractivity contribution is -0.385. The number of aromatic amines is 1. The van der Waals surface area contributed by atoms with E-state index in [4.69, 9.17) is 10.5 Å². The second kappa shape index (κ2) is 4.71. The summed E-state index contributed by atoms with van der Waals surface area (Å²) in [5, 5.41) is 10.8. The minimum Gasteiger partial charge on any atom is -0.437 e. The van der Waals surface area contributed by atoms with Crippen molar-refractivity contribution in [2.24, 2.45) is 0 Å². The predicted molar refractivity (Wildman–Crippen MR) is 74.0 cm³/mol. The SMILES string of the molecule is Cc1cc(Oc2nc(N)nc3nc[nH]c23)ccc1[N+](=O)[O-]. The number of nitro benzene ring substituents is 1. The molecule has 0 spiro atoms. The Labute approximate surface area is 118 Å². The molecule has 1 aromatic carbocycles. The molecular formula is C12H10N6O3. The molecule has 2 aromatic heterocycles. The minimum atomic E-state index is -0.450. The van der Waals surface area contributed by atoms with Gasteiger partial charge in [0.25, 0.3) is 11.6 Å². The van der Waals surface area contributed by atoms with Gasteiger partial charge < -0.3 is 15.5 Å². The molecule has 0 saturated carbocycles. The van der Waals surface area contributed by atoms with Crippen LogP contribution in [-0.2, 0) is 0 Å². The van der Waals surface area contributed by atoms with Crippen molar-refractivity contribution < 1.29 is 9.66 Å². The van der Waals surface area contributed by atoms with Gasteiger partial charge >= 0.3 is 0 Å². The highest BCUT2D eigenvalue weighted by atomic mass is 16.6. The first-order chi connectivity index (χ1) is 10.0. The first kappa shape index (κ1) is 12.8. The van der Waals surface area contributed by atoms with E-state index in [2.05, 4.69) is 19.9 Å². The first-order valence-electron chi connectivity index (χ1n) is 5.94. The molecule has 9 nitrogen and oxygen atoms in total. The zero-order valence-electron chi connectivity index (χ0n) is 10.9. The van der Waals surface area contributed by atoms with Crippen LogP contribution in [0.2, 0.25) is 0 Å². The van der Waals surface area contributed by atoms with Crippen LogP contribution < -0.4 is 10.5 Å². The Morgan fingerprint density at radius 3 is 2.90 bits per heavy atom. The summed E-state index contributed by atoms with van der Waals surface area (Å²) in [4.78, 5) is 25.1. The maximum atomic E-state index is 10.8. The van der Waals surface area contributed by atoms with Crippen LogP contribution >= 0.6 is 0 Å². The molecule has 106 valence electrons. The number of nitrogens with two attached hydrogens (primary N) is 1. The average molecular weight is 286 g/mol. The number of rotatable bonds is 3. The summed E-state index contributed by atoms with van der Waals surface area (Å²) in [7, 11) is 0. The highest BCUT2D eigenvalue weighted by Crippen LogP contribution is 2.29. The van der Waals surface area contributed by atoms with Crippen LogP contribution in [0.25, 0.3) is 11.2 Å². The molecule has 0 saturated heterocycles. The molecule has 3 N–H and O–H groups in total. The Morgan fingerprint density at radius 1 is 1.38 bits per heavy atom. The van der Waals surface area contributed by atoms with E-state index >= 15 is 0 Å². The highest BCUT2D eigenvalue weighted by molar-refractivity contribution is 5.77. The smallest absolute Gasteiger partial charge is 0.272 e. The lowest BCUT2D eigenvalue weighted by atomic mass is 10.2. The molecule has 0 radical (unpaired) electrons. The normalized spacial score (nSPS) is 10.7. The standard InChI is InChI=1S/C12H10N6O3/c1-6-4-7(2-3-8(6)18(19)20)21-11-9-10(15-5-14-9)16-12(13)17-11/h2-5H,1H3,(H3,13,14,15,16,17). The van der Waals surface area contributed by atoms with Gasteiger partial charge in [-0.25, -0.2) is 4.98 Å². The summed E-state index contributed by atoms with van der Waals surface area (Å²) < 4.78 is 5.62. The molecule has 0 aliphatic carbocycles. The van der Waals surface area contributed by atoms with Crippen LogP contribution in [0.3, 0.4) is 0 Å². The number of anilines is 1. The quantitative estimate of drug-likeness (QED) is 0.555. The lowest BCUT2D eigenvalue weighted by Gasteiger charge is -2.06. The summed E-state index contributed by atoms with van der Waals surface area (Å²) in [6, 6.07) is 4.42. The third-order valence-corrected chi connectivity index (χ3v) is 2.85. The Balaban J connectivity index is 2.00. The van der Waals surface area contributed by atoms with Gasteiger partial charge in [-0.2, -0.15) is 9.97 Å². The fourth-order valence-corrected chi connectivity index (χ4v) is 1.90. The molecule has 0 unspecified atom stereocenters. The number of aryl methyl sites for hydroxylation is 1. The molecule has 21 heavy (non-hydrogen) atoms. The number of aromatic nitrogens is 4. The lowest BCUT2D eigenvalue weighted by Crippen LogP contribution is -1.99. The third kappa shape index (κ3) is 2.31. The van der Waals surface area contributed by atoms with Gasteiger partial charge in [0.2, 0.25) is 5.95 Å². The predicted octanol–water partition coefficient (Wildman–Crippen LogP) is 1.94. The number of hydrogen-bond donors (Lipinski definition) is 2. The highest BCUT2D eigenvalue weighted by Gasteiger charge is 2.14. The van der Waals surface area contributed by atoms with Crippen LogP contribution in [0, 0.1) is 17.0 Å². The van der Waals surface area contributed by atoms with Gasteiger partial charge in [-0.1, -0.05) is 0 Å². The minimum absolute atomic E-state index is 0.0243. The summed E-state index contributed by atoms with van der Waals surface area (Å²) >= 11 is 0. The molecule has 0 bridgehead atoms. The molecule has 0 aliphatic rings. The topological polar surface area (TPSA) is 133 Å². The van der Waals surface area contributed by atoms with Crippen LogP contribution in [-0.4, -0.2) is 24.9 Å². The number of fused-ring (bicyclic) bond motifs is 1. The first-order valence-corrected chi connectivity index (χ1v) is 5.94. The van der Waals surface area contributed by atoms with Gasteiger partial charge in [0.05, 0.1) is 11.3 Å². The zero-order chi connectivity index (χ0) is 15.0. The number of nitrogens with one attached hydrogen (secondary N) is 1. The summed E-state index contributed by atoms with van der Waals surface area (Å²) in [5.74, 6) is 0.651. The van der Waals surface area contributed by atoms with Gasteiger partial charge in [0.1, 0.15) is 11.3 Å². The van der Waals surface area contributed by atoms with Crippen LogP contribution in [0.4, 0.5) is 11.6 Å². The van der Waals surface area contributed by atoms with E-state index in [1.54, 1.807) is 13.0 Å². The van der Waals surface area contributed by atoms with Crippen LogP contribution in [0.1, 0.15) is 5.56 Å². The summed E-state index contributed by atoms with van der Waals surface area (Å²) in [6.45, 7) is 1.63. The Morgan fingerprint density at radius 2 is 2.19 bits per heavy atom. The van der Waals surface area contributed by atoms with Crippen molar-refractivity contribution in [3.63, 3.8) is 0 Å². The van der Waals surface area contributed by atoms with Gasteiger partial charge in [0, 0.05) is 11.6 Å². The number of ether oxygens (including phenoxy) is 1. The fourth-order valence-electron chi connectivity index (χ4n) is 1.90. The van der Waals surface area contributed by atoms with Crippen molar-refractivity contribution in [3.05, 3.63) is 40.2 Å². The molecule has 9 heteroatoms. The fraction of sp³-hybridized carbons (Fsp3) is 0.0833. The van der Waals surface area contributed by atoms with E-state index in [-0.39, 0.29) is 17.5 Å². The van der Waals surface area contributed by atoms with E-state index in [0.717, 1.165) is 0 Å². The maximum absolute atomic E-state index is 10.8. The number of nitrogens with zero attached hydrogens (tertiary/aromatic N) is 4. The molecule has 3 rings (SSSR count). The number of imidazole rings is 1. The van der Waals surface area contributed by atoms with E-state index in [1.807, 2.05) is 0 Å². The molecule has 0 amide bonds. The zero-order valence-corrected chi connectivity index (χ0v) is 10.9. The third-order valence-electron chi connectivity index (χ3n) is 2.85. The number of hydrogen-bond acceptors (Lipinski definition) is 7. The number of nitrogen functional groups attached to an aromatic ring is 1. The molecular weight excluding hydrogens is 276 g/mol. The largest absolute Gasteiger partial charge is 0.437 e. The summed E-state index contributed by atoms with van der Waals surface area (Å²) in [5.41, 5.74) is 6.98. The monoisotopic (exact) mass is 286 g/mol. The van der Waals surface area contributed by atoms with E-state index < -0.39 is 4.92 Å². The van der Waals surface area contributed by atoms with Gasteiger partial charge in [-0.15, -0.1) is 0 Å². The van der Waals surface area contributed by atoms with Gasteiger partial charge in [-0.3, -0.25) is 10.1 Å². The van der Waals surface area contributed by atoms with Crippen LogP contribution in [0.5, 0.6) is 11.6 Å². The van der Waals surface area contributed by atoms with Crippen molar-refractivity contribution in [3.8, 4) is 11.6 Å². The van der Waals surface area contributed by atoms with Crippen LogP contribution in [0.15, 0.2) is 24.5 Å². The molecule has 0 aliphatic heterocycles. The Hall–Kier alpha value is -3.23. The van der Waals surface area contributed by atoms with E-state index in [9.17, 15) is 10.1 Å². The van der Waals surface area contributed by atoms with Gasteiger partial charge in [-0.05, 0) is 19.1 Å². The average Bonchev–Trinajstić information content (AvgIpc) is 2.86. The number of nitro groups is 1. The molecule has 0 atom stereocenters. The Bertz CT molecular complexity index is 844.